The fraction of sp³-hybridized carbons (Fsp3) is 0.409. The average molecular weight is 467 g/mol. The molecule has 2 aromatic carbocycles. The predicted octanol–water partition coefficient (Wildman–Crippen LogP) is 4.00. The van der Waals surface area contributed by atoms with Crippen LogP contribution in [0.2, 0.25) is 5.02 Å². The number of hydrogen-bond acceptors (Lipinski definition) is 6. The average Bonchev–Trinajstić information content (AvgIpc) is 2.79. The summed E-state index contributed by atoms with van der Waals surface area (Å²) in [6, 6.07) is 9.50. The number of anilines is 1. The third-order valence-corrected chi connectivity index (χ3v) is 7.91. The molecule has 7 nitrogen and oxygen atoms in total. The van der Waals surface area contributed by atoms with E-state index in [4.69, 9.17) is 26.8 Å². The van der Waals surface area contributed by atoms with E-state index in [0.29, 0.717) is 66.5 Å². The Morgan fingerprint density at radius 3 is 2.35 bits per heavy atom. The molecular weight excluding hydrogens is 440 g/mol. The fourth-order valence-electron chi connectivity index (χ4n) is 3.76. The van der Waals surface area contributed by atoms with Crippen molar-refractivity contribution in [1.82, 2.24) is 4.31 Å². The van der Waals surface area contributed by atoms with Crippen LogP contribution >= 0.6 is 11.6 Å². The molecule has 31 heavy (non-hydrogen) atoms. The quantitative estimate of drug-likeness (QED) is 0.466. The molecule has 0 spiro atoms. The molecule has 0 aromatic heterocycles. The standard InChI is InChI=1S/C22H27ClN2O5S/c1-29-16-4-6-17(7-5-16)31(27,28)25-11-9-15(10-12-25)3-8-21(26)18-13-19(23)20(24)14-22(18)30-2/h4-7,13-15H,3,8-12,24H2,1-2H3. The smallest absolute Gasteiger partial charge is 0.243 e. The normalized spacial score (nSPS) is 15.6. The van der Waals surface area contributed by atoms with Crippen LogP contribution in [-0.4, -0.2) is 45.8 Å². The maximum absolute atomic E-state index is 12.9. The van der Waals surface area contributed by atoms with Crippen molar-refractivity contribution < 1.29 is 22.7 Å². The van der Waals surface area contributed by atoms with Gasteiger partial charge in [0.05, 0.1) is 35.4 Å². The fourth-order valence-corrected chi connectivity index (χ4v) is 5.39. The Bertz CT molecular complexity index is 1030. The van der Waals surface area contributed by atoms with E-state index in [1.54, 1.807) is 36.4 Å². The van der Waals surface area contributed by atoms with E-state index < -0.39 is 10.0 Å². The number of halogens is 1. The molecule has 0 atom stereocenters. The van der Waals surface area contributed by atoms with Gasteiger partial charge in [0.15, 0.2) is 5.78 Å². The highest BCUT2D eigenvalue weighted by atomic mass is 35.5. The summed E-state index contributed by atoms with van der Waals surface area (Å²) in [4.78, 5) is 13.0. The number of ketones is 1. The number of hydrogen-bond donors (Lipinski definition) is 1. The summed E-state index contributed by atoms with van der Waals surface area (Å²) in [5.41, 5.74) is 6.56. The Morgan fingerprint density at radius 1 is 1.13 bits per heavy atom. The number of nitrogens with zero attached hydrogens (tertiary/aromatic N) is 1. The van der Waals surface area contributed by atoms with Crippen molar-refractivity contribution in [1.29, 1.82) is 0 Å². The first kappa shape index (κ1) is 23.4. The first-order valence-corrected chi connectivity index (χ1v) is 11.9. The number of piperidine rings is 1. The zero-order chi connectivity index (χ0) is 22.6. The number of rotatable bonds is 8. The molecule has 0 unspecified atom stereocenters. The van der Waals surface area contributed by atoms with Gasteiger partial charge in [-0.1, -0.05) is 11.6 Å². The van der Waals surface area contributed by atoms with Crippen LogP contribution in [0.4, 0.5) is 5.69 Å². The van der Waals surface area contributed by atoms with Gasteiger partial charge in [-0.15, -0.1) is 0 Å². The summed E-state index contributed by atoms with van der Waals surface area (Å²) in [5.74, 6) is 1.24. The molecule has 168 valence electrons. The van der Waals surface area contributed by atoms with Gasteiger partial charge in [0, 0.05) is 25.6 Å². The van der Waals surface area contributed by atoms with Gasteiger partial charge in [-0.25, -0.2) is 8.42 Å². The number of carbonyl (C=O) groups is 1. The van der Waals surface area contributed by atoms with Crippen LogP contribution in [0.5, 0.6) is 11.5 Å². The van der Waals surface area contributed by atoms with Crippen molar-refractivity contribution in [2.24, 2.45) is 5.92 Å². The Morgan fingerprint density at radius 2 is 1.77 bits per heavy atom. The molecule has 1 saturated heterocycles. The minimum Gasteiger partial charge on any atom is -0.497 e. The van der Waals surface area contributed by atoms with Crippen molar-refractivity contribution in [2.75, 3.05) is 33.0 Å². The molecule has 1 aliphatic heterocycles. The first-order chi connectivity index (χ1) is 14.8. The van der Waals surface area contributed by atoms with E-state index in [2.05, 4.69) is 0 Å². The van der Waals surface area contributed by atoms with Crippen LogP contribution in [0.15, 0.2) is 41.3 Å². The number of benzene rings is 2. The minimum atomic E-state index is -3.53. The van der Waals surface area contributed by atoms with Crippen LogP contribution < -0.4 is 15.2 Å². The van der Waals surface area contributed by atoms with Crippen LogP contribution in [0.3, 0.4) is 0 Å². The molecule has 1 heterocycles. The minimum absolute atomic E-state index is 0.0629. The third kappa shape index (κ3) is 5.31. The summed E-state index contributed by atoms with van der Waals surface area (Å²) in [6.07, 6.45) is 2.44. The van der Waals surface area contributed by atoms with E-state index in [9.17, 15) is 13.2 Å². The molecule has 2 N–H and O–H groups in total. The maximum atomic E-state index is 12.9. The molecule has 3 rings (SSSR count). The van der Waals surface area contributed by atoms with Gasteiger partial charge in [-0.2, -0.15) is 4.31 Å². The van der Waals surface area contributed by atoms with Crippen LogP contribution in [0, 0.1) is 5.92 Å². The molecule has 2 aromatic rings. The summed E-state index contributed by atoms with van der Waals surface area (Å²) in [7, 11) is -0.512. The monoisotopic (exact) mass is 466 g/mol. The number of Topliss-reactive ketones (excluding diaryl/α,β-unsaturated/α-hetero) is 1. The van der Waals surface area contributed by atoms with Gasteiger partial charge in [-0.3, -0.25) is 4.79 Å². The lowest BCUT2D eigenvalue weighted by atomic mass is 9.91. The molecule has 0 amide bonds. The van der Waals surface area contributed by atoms with Gasteiger partial charge in [0.2, 0.25) is 10.0 Å². The Labute approximate surface area is 188 Å². The summed E-state index contributed by atoms with van der Waals surface area (Å²) < 4.78 is 37.6. The molecule has 0 bridgehead atoms. The molecule has 1 aliphatic rings. The number of carbonyl (C=O) groups excluding carboxylic acids is 1. The first-order valence-electron chi connectivity index (χ1n) is 10.1. The van der Waals surface area contributed by atoms with Gasteiger partial charge in [0.1, 0.15) is 11.5 Å². The number of methoxy groups -OCH3 is 2. The lowest BCUT2D eigenvalue weighted by molar-refractivity contribution is 0.0965. The number of ether oxygens (including phenoxy) is 2. The number of nitrogens with two attached hydrogens (primary N) is 1. The van der Waals surface area contributed by atoms with Gasteiger partial charge >= 0.3 is 0 Å². The summed E-state index contributed by atoms with van der Waals surface area (Å²) in [5, 5.41) is 0.321. The van der Waals surface area contributed by atoms with Crippen LogP contribution in [-0.2, 0) is 10.0 Å². The SMILES string of the molecule is COc1ccc(S(=O)(=O)N2CCC(CCC(=O)c3cc(Cl)c(N)cc3OC)CC2)cc1. The highest BCUT2D eigenvalue weighted by Gasteiger charge is 2.29. The van der Waals surface area contributed by atoms with E-state index in [1.165, 1.54) is 18.5 Å². The highest BCUT2D eigenvalue weighted by Crippen LogP contribution is 2.32. The molecule has 0 aliphatic carbocycles. The molecule has 9 heteroatoms. The van der Waals surface area contributed by atoms with Gasteiger partial charge in [0.25, 0.3) is 0 Å². The summed E-state index contributed by atoms with van der Waals surface area (Å²) >= 11 is 6.06. The zero-order valence-corrected chi connectivity index (χ0v) is 19.2. The zero-order valence-electron chi connectivity index (χ0n) is 17.6. The number of sulfonamides is 1. The lowest BCUT2D eigenvalue weighted by Gasteiger charge is -2.31. The molecule has 0 radical (unpaired) electrons. The van der Waals surface area contributed by atoms with E-state index in [1.807, 2.05) is 0 Å². The second kappa shape index (κ2) is 9.89. The predicted molar refractivity (Wildman–Crippen MR) is 120 cm³/mol. The highest BCUT2D eigenvalue weighted by molar-refractivity contribution is 7.89. The van der Waals surface area contributed by atoms with Gasteiger partial charge < -0.3 is 15.2 Å². The lowest BCUT2D eigenvalue weighted by Crippen LogP contribution is -2.38. The van der Waals surface area contributed by atoms with Crippen molar-refractivity contribution in [3.8, 4) is 11.5 Å². The largest absolute Gasteiger partial charge is 0.497 e. The van der Waals surface area contributed by atoms with Crippen LogP contribution in [0.25, 0.3) is 0 Å². The second-order valence-corrected chi connectivity index (χ2v) is 9.90. The van der Waals surface area contributed by atoms with E-state index >= 15 is 0 Å². The van der Waals surface area contributed by atoms with Crippen LogP contribution in [0.1, 0.15) is 36.0 Å². The molecule has 0 saturated carbocycles. The van der Waals surface area contributed by atoms with Crippen molar-refractivity contribution >= 4 is 33.1 Å². The number of nitrogen functional groups attached to an aromatic ring is 1. The Balaban J connectivity index is 1.57. The van der Waals surface area contributed by atoms with E-state index in [-0.39, 0.29) is 16.6 Å². The Kier molecular flexibility index (Phi) is 7.46. The third-order valence-electron chi connectivity index (χ3n) is 5.67. The maximum Gasteiger partial charge on any atom is 0.243 e. The van der Waals surface area contributed by atoms with Crippen molar-refractivity contribution in [3.05, 3.63) is 47.0 Å². The molecule has 1 fully saturated rings. The Hall–Kier alpha value is -2.29. The summed E-state index contributed by atoms with van der Waals surface area (Å²) in [6.45, 7) is 0.870. The molecular formula is C22H27ClN2O5S. The topological polar surface area (TPSA) is 98.9 Å². The van der Waals surface area contributed by atoms with Crippen molar-refractivity contribution in [2.45, 2.75) is 30.6 Å². The van der Waals surface area contributed by atoms with E-state index in [0.717, 1.165) is 0 Å². The van der Waals surface area contributed by atoms with Gasteiger partial charge in [-0.05, 0) is 55.5 Å². The second-order valence-electron chi connectivity index (χ2n) is 7.56. The van der Waals surface area contributed by atoms with Crippen molar-refractivity contribution in [3.63, 3.8) is 0 Å².